The minimum Gasteiger partial charge on any atom is -0.375 e. The highest BCUT2D eigenvalue weighted by Crippen LogP contribution is 2.40. The van der Waals surface area contributed by atoms with Crippen LogP contribution < -0.4 is 5.32 Å². The summed E-state index contributed by atoms with van der Waals surface area (Å²) in [5, 5.41) is 14.2. The number of anilines is 1. The molecule has 3 rings (SSSR count). The zero-order valence-corrected chi connectivity index (χ0v) is 12.3. The van der Waals surface area contributed by atoms with Crippen molar-refractivity contribution >= 4 is 11.5 Å². The number of aromatic nitrogens is 1. The van der Waals surface area contributed by atoms with Crippen LogP contribution in [-0.2, 0) is 4.74 Å². The van der Waals surface area contributed by atoms with Crippen molar-refractivity contribution in [3.05, 3.63) is 27.9 Å². The summed E-state index contributed by atoms with van der Waals surface area (Å²) in [5.41, 5.74) is 0.582. The first-order valence-electron chi connectivity index (χ1n) is 7.61. The molecule has 1 saturated heterocycles. The Hall–Kier alpha value is -1.69. The molecule has 114 valence electrons. The van der Waals surface area contributed by atoms with E-state index >= 15 is 0 Å². The highest BCUT2D eigenvalue weighted by molar-refractivity contribution is 5.45. The average molecular weight is 291 g/mol. The van der Waals surface area contributed by atoms with E-state index in [-0.39, 0.29) is 11.3 Å². The zero-order valence-electron chi connectivity index (χ0n) is 12.3. The molecule has 1 atom stereocenters. The second kappa shape index (κ2) is 5.60. The molecule has 1 spiro atoms. The first kappa shape index (κ1) is 14.3. The topological polar surface area (TPSA) is 77.3 Å². The van der Waals surface area contributed by atoms with Crippen LogP contribution in [0.5, 0.6) is 0 Å². The fourth-order valence-electron chi connectivity index (χ4n) is 3.55. The summed E-state index contributed by atoms with van der Waals surface area (Å²) in [5.74, 6) is 0.721. The highest BCUT2D eigenvalue weighted by Gasteiger charge is 2.39. The standard InChI is InChI=1S/C15H21N3O3/c1-11-13(18(19)20)4-5-14(16-11)17-12-6-9-21-15(10-12)7-2-3-8-15/h4-5,12H,2-3,6-10H2,1H3,(H,16,17). The fourth-order valence-corrected chi connectivity index (χ4v) is 3.55. The van der Waals surface area contributed by atoms with Crippen LogP contribution >= 0.6 is 0 Å². The molecule has 1 N–H and O–H groups in total. The molecule has 1 aromatic rings. The Kier molecular flexibility index (Phi) is 3.80. The summed E-state index contributed by atoms with van der Waals surface area (Å²) in [6, 6.07) is 3.56. The van der Waals surface area contributed by atoms with E-state index in [2.05, 4.69) is 10.3 Å². The van der Waals surface area contributed by atoms with Gasteiger partial charge >= 0.3 is 0 Å². The summed E-state index contributed by atoms with van der Waals surface area (Å²) in [6.07, 6.45) is 6.77. The molecule has 0 bridgehead atoms. The van der Waals surface area contributed by atoms with E-state index in [0.29, 0.717) is 11.7 Å². The number of hydrogen-bond acceptors (Lipinski definition) is 5. The Balaban J connectivity index is 1.68. The van der Waals surface area contributed by atoms with E-state index in [1.165, 1.54) is 18.9 Å². The molecule has 2 heterocycles. The molecule has 0 radical (unpaired) electrons. The van der Waals surface area contributed by atoms with Gasteiger partial charge in [-0.05, 0) is 38.7 Å². The molecule has 0 amide bonds. The van der Waals surface area contributed by atoms with Gasteiger partial charge in [0.1, 0.15) is 11.5 Å². The van der Waals surface area contributed by atoms with Gasteiger partial charge in [0.25, 0.3) is 5.69 Å². The number of aryl methyl sites for hydroxylation is 1. The van der Waals surface area contributed by atoms with Crippen molar-refractivity contribution in [2.45, 2.75) is 57.1 Å². The molecule has 6 nitrogen and oxygen atoms in total. The maximum atomic E-state index is 10.8. The summed E-state index contributed by atoms with van der Waals surface area (Å²) >= 11 is 0. The van der Waals surface area contributed by atoms with Gasteiger partial charge in [0.2, 0.25) is 0 Å². The summed E-state index contributed by atoms with van der Waals surface area (Å²) in [7, 11) is 0. The van der Waals surface area contributed by atoms with Crippen LogP contribution in [0.15, 0.2) is 12.1 Å². The summed E-state index contributed by atoms with van der Waals surface area (Å²) in [6.45, 7) is 2.45. The second-order valence-electron chi connectivity index (χ2n) is 6.13. The first-order valence-corrected chi connectivity index (χ1v) is 7.61. The van der Waals surface area contributed by atoms with Gasteiger partial charge in [-0.15, -0.1) is 0 Å². The highest BCUT2D eigenvalue weighted by atomic mass is 16.6. The lowest BCUT2D eigenvalue weighted by molar-refractivity contribution is -0.385. The Morgan fingerprint density at radius 3 is 2.86 bits per heavy atom. The van der Waals surface area contributed by atoms with E-state index in [4.69, 9.17) is 4.74 Å². The minimum absolute atomic E-state index is 0.0612. The maximum absolute atomic E-state index is 10.8. The molecule has 0 aromatic carbocycles. The van der Waals surface area contributed by atoms with E-state index < -0.39 is 4.92 Å². The van der Waals surface area contributed by atoms with Crippen molar-refractivity contribution in [3.8, 4) is 0 Å². The summed E-state index contributed by atoms with van der Waals surface area (Å²) in [4.78, 5) is 14.7. The Bertz CT molecular complexity index is 541. The van der Waals surface area contributed by atoms with Gasteiger partial charge in [-0.1, -0.05) is 12.8 Å². The molecular weight excluding hydrogens is 270 g/mol. The Morgan fingerprint density at radius 1 is 1.43 bits per heavy atom. The molecule has 1 aliphatic carbocycles. The van der Waals surface area contributed by atoms with Gasteiger partial charge in [0, 0.05) is 18.7 Å². The number of ether oxygens (including phenoxy) is 1. The van der Waals surface area contributed by atoms with Gasteiger partial charge in [-0.2, -0.15) is 0 Å². The average Bonchev–Trinajstić information content (AvgIpc) is 2.86. The van der Waals surface area contributed by atoms with Crippen LogP contribution in [0.2, 0.25) is 0 Å². The van der Waals surface area contributed by atoms with E-state index in [9.17, 15) is 10.1 Å². The van der Waals surface area contributed by atoms with Gasteiger partial charge in [-0.3, -0.25) is 10.1 Å². The number of pyridine rings is 1. The quantitative estimate of drug-likeness (QED) is 0.683. The van der Waals surface area contributed by atoms with Crippen LogP contribution in [0.3, 0.4) is 0 Å². The zero-order chi connectivity index (χ0) is 14.9. The van der Waals surface area contributed by atoms with Gasteiger partial charge in [0.05, 0.1) is 10.5 Å². The third kappa shape index (κ3) is 3.00. The van der Waals surface area contributed by atoms with Crippen LogP contribution in [-0.4, -0.2) is 28.2 Å². The van der Waals surface area contributed by atoms with Gasteiger partial charge in [-0.25, -0.2) is 4.98 Å². The van der Waals surface area contributed by atoms with Crippen LogP contribution in [0.4, 0.5) is 11.5 Å². The fraction of sp³-hybridized carbons (Fsp3) is 0.667. The van der Waals surface area contributed by atoms with Crippen molar-refractivity contribution in [3.63, 3.8) is 0 Å². The molecule has 6 heteroatoms. The lowest BCUT2D eigenvalue weighted by atomic mass is 9.89. The predicted octanol–water partition coefficient (Wildman–Crippen LogP) is 3.20. The van der Waals surface area contributed by atoms with Crippen molar-refractivity contribution in [1.29, 1.82) is 0 Å². The van der Waals surface area contributed by atoms with Crippen molar-refractivity contribution in [2.75, 3.05) is 11.9 Å². The molecule has 2 aliphatic rings. The number of nitrogens with zero attached hydrogens (tertiary/aromatic N) is 2. The SMILES string of the molecule is Cc1nc(NC2CCOC3(CCCC3)C2)ccc1[N+](=O)[O-]. The number of nitrogens with one attached hydrogen (secondary N) is 1. The van der Waals surface area contributed by atoms with E-state index in [0.717, 1.165) is 38.1 Å². The van der Waals surface area contributed by atoms with E-state index in [1.807, 2.05) is 0 Å². The Labute approximate surface area is 124 Å². The van der Waals surface area contributed by atoms with Crippen LogP contribution in [0.25, 0.3) is 0 Å². The number of hydrogen-bond donors (Lipinski definition) is 1. The van der Waals surface area contributed by atoms with Crippen molar-refractivity contribution in [2.24, 2.45) is 0 Å². The second-order valence-corrected chi connectivity index (χ2v) is 6.13. The lowest BCUT2D eigenvalue weighted by Crippen LogP contribution is -2.42. The monoisotopic (exact) mass is 291 g/mol. The number of nitro groups is 1. The van der Waals surface area contributed by atoms with E-state index in [1.54, 1.807) is 13.0 Å². The minimum atomic E-state index is -0.395. The molecule has 1 unspecified atom stereocenters. The third-order valence-electron chi connectivity index (χ3n) is 4.61. The van der Waals surface area contributed by atoms with Crippen molar-refractivity contribution in [1.82, 2.24) is 4.98 Å². The Morgan fingerprint density at radius 2 is 2.19 bits per heavy atom. The molecule has 1 saturated carbocycles. The van der Waals surface area contributed by atoms with Gasteiger partial charge in [0.15, 0.2) is 0 Å². The lowest BCUT2D eigenvalue weighted by Gasteiger charge is -2.38. The van der Waals surface area contributed by atoms with Crippen LogP contribution in [0, 0.1) is 17.0 Å². The predicted molar refractivity (Wildman–Crippen MR) is 79.4 cm³/mol. The largest absolute Gasteiger partial charge is 0.375 e. The summed E-state index contributed by atoms with van der Waals surface area (Å²) < 4.78 is 6.02. The molecule has 1 aromatic heterocycles. The maximum Gasteiger partial charge on any atom is 0.290 e. The smallest absolute Gasteiger partial charge is 0.290 e. The molecule has 21 heavy (non-hydrogen) atoms. The van der Waals surface area contributed by atoms with Crippen molar-refractivity contribution < 1.29 is 9.66 Å². The molecule has 2 fully saturated rings. The first-order chi connectivity index (χ1) is 10.1. The normalized spacial score (nSPS) is 24.1. The van der Waals surface area contributed by atoms with Gasteiger partial charge < -0.3 is 10.1 Å². The third-order valence-corrected chi connectivity index (χ3v) is 4.61. The molecule has 1 aliphatic heterocycles. The van der Waals surface area contributed by atoms with Crippen LogP contribution in [0.1, 0.15) is 44.2 Å². The number of rotatable bonds is 3. The molecular formula is C15H21N3O3.